The molecular weight excluding hydrogens is 354 g/mol. The Morgan fingerprint density at radius 1 is 1.23 bits per heavy atom. The van der Waals surface area contributed by atoms with E-state index in [0.717, 1.165) is 30.4 Å². The van der Waals surface area contributed by atoms with Gasteiger partial charge in [0.15, 0.2) is 6.10 Å². The second kappa shape index (κ2) is 7.19. The van der Waals surface area contributed by atoms with Gasteiger partial charge in [-0.3, -0.25) is 8.98 Å². The molecule has 1 spiro atoms. The van der Waals surface area contributed by atoms with Gasteiger partial charge in [0.05, 0.1) is 12.9 Å². The summed E-state index contributed by atoms with van der Waals surface area (Å²) in [6, 6.07) is 7.71. The van der Waals surface area contributed by atoms with E-state index in [1.165, 1.54) is 0 Å². The normalized spacial score (nSPS) is 22.1. The fourth-order valence-corrected chi connectivity index (χ4v) is 3.94. The highest BCUT2D eigenvalue weighted by molar-refractivity contribution is 7.86. The van der Waals surface area contributed by atoms with Crippen LogP contribution in [0.15, 0.2) is 24.3 Å². The van der Waals surface area contributed by atoms with Gasteiger partial charge < -0.3 is 9.64 Å². The molecule has 0 radical (unpaired) electrons. The van der Waals surface area contributed by atoms with Crippen LogP contribution in [0.4, 0.5) is 0 Å². The highest BCUT2D eigenvalue weighted by Gasteiger charge is 2.52. The lowest BCUT2D eigenvalue weighted by Crippen LogP contribution is -2.50. The third-order valence-corrected chi connectivity index (χ3v) is 5.44. The Kier molecular flexibility index (Phi) is 5.30. The third-order valence-electron chi connectivity index (χ3n) is 4.86. The van der Waals surface area contributed by atoms with Crippen molar-refractivity contribution in [1.82, 2.24) is 4.90 Å². The molecule has 1 aromatic rings. The Balaban J connectivity index is 1.67. The highest BCUT2D eigenvalue weighted by atomic mass is 32.2. The standard InChI is InChI=1S/C19H27NO5S/c1-14(2)12-24-16-6-4-15(5-7-16)11-20-13-19(8-9-19)10-17(18(20)21)25-26(3,22)23/h4-7,14,17H,8-13H2,1-3H3. The first kappa shape index (κ1) is 19.2. The summed E-state index contributed by atoms with van der Waals surface area (Å²) in [6.45, 7) is 5.98. The van der Waals surface area contributed by atoms with Crippen molar-refractivity contribution in [1.29, 1.82) is 0 Å². The van der Waals surface area contributed by atoms with E-state index in [0.29, 0.717) is 32.0 Å². The number of piperidine rings is 1. The second-order valence-corrected chi connectivity index (χ2v) is 9.64. The van der Waals surface area contributed by atoms with Crippen LogP contribution in [-0.2, 0) is 25.6 Å². The van der Waals surface area contributed by atoms with E-state index in [1.54, 1.807) is 4.90 Å². The van der Waals surface area contributed by atoms with E-state index >= 15 is 0 Å². The van der Waals surface area contributed by atoms with Crippen molar-refractivity contribution in [2.75, 3.05) is 19.4 Å². The Morgan fingerprint density at radius 2 is 1.88 bits per heavy atom. The summed E-state index contributed by atoms with van der Waals surface area (Å²) in [5.74, 6) is 1.03. The molecule has 2 fully saturated rings. The number of amides is 1. The molecule has 1 aliphatic carbocycles. The van der Waals surface area contributed by atoms with Gasteiger partial charge in [-0.15, -0.1) is 0 Å². The molecule has 1 unspecified atom stereocenters. The van der Waals surface area contributed by atoms with Gasteiger partial charge in [0.25, 0.3) is 16.0 Å². The van der Waals surface area contributed by atoms with Crippen LogP contribution in [0.3, 0.4) is 0 Å². The Morgan fingerprint density at radius 3 is 2.42 bits per heavy atom. The van der Waals surface area contributed by atoms with Crippen molar-refractivity contribution in [2.24, 2.45) is 11.3 Å². The number of carbonyl (C=O) groups is 1. The molecule has 26 heavy (non-hydrogen) atoms. The van der Waals surface area contributed by atoms with E-state index in [9.17, 15) is 13.2 Å². The number of carbonyl (C=O) groups excluding carboxylic acids is 1. The molecule has 0 N–H and O–H groups in total. The van der Waals surface area contributed by atoms with Crippen LogP contribution in [0, 0.1) is 11.3 Å². The first-order valence-electron chi connectivity index (χ1n) is 9.05. The minimum Gasteiger partial charge on any atom is -0.493 e. The lowest BCUT2D eigenvalue weighted by Gasteiger charge is -2.37. The van der Waals surface area contributed by atoms with Crippen LogP contribution in [0.5, 0.6) is 5.75 Å². The van der Waals surface area contributed by atoms with Crippen molar-refractivity contribution in [2.45, 2.75) is 45.8 Å². The summed E-state index contributed by atoms with van der Waals surface area (Å²) in [5.41, 5.74) is 1.02. The van der Waals surface area contributed by atoms with Gasteiger partial charge in [-0.05, 0) is 48.3 Å². The molecule has 1 atom stereocenters. The maximum absolute atomic E-state index is 12.7. The minimum atomic E-state index is -3.66. The van der Waals surface area contributed by atoms with Gasteiger partial charge in [-0.2, -0.15) is 8.42 Å². The summed E-state index contributed by atoms with van der Waals surface area (Å²) >= 11 is 0. The Hall–Kier alpha value is -1.60. The summed E-state index contributed by atoms with van der Waals surface area (Å²) in [4.78, 5) is 14.4. The molecule has 6 nitrogen and oxygen atoms in total. The molecule has 1 aromatic carbocycles. The predicted octanol–water partition coefficient (Wildman–Crippen LogP) is 2.58. The van der Waals surface area contributed by atoms with Crippen molar-refractivity contribution in [3.05, 3.63) is 29.8 Å². The third kappa shape index (κ3) is 4.98. The van der Waals surface area contributed by atoms with E-state index < -0.39 is 16.2 Å². The van der Waals surface area contributed by atoms with Gasteiger partial charge >= 0.3 is 0 Å². The molecule has 1 saturated heterocycles. The first-order chi connectivity index (χ1) is 12.2. The van der Waals surface area contributed by atoms with Gasteiger partial charge in [0, 0.05) is 13.1 Å². The first-order valence-corrected chi connectivity index (χ1v) is 10.9. The van der Waals surface area contributed by atoms with Crippen LogP contribution in [-0.4, -0.2) is 44.7 Å². The maximum atomic E-state index is 12.7. The number of benzene rings is 1. The monoisotopic (exact) mass is 381 g/mol. The van der Waals surface area contributed by atoms with E-state index in [2.05, 4.69) is 13.8 Å². The highest BCUT2D eigenvalue weighted by Crippen LogP contribution is 2.53. The van der Waals surface area contributed by atoms with Gasteiger partial charge in [-0.25, -0.2) is 0 Å². The van der Waals surface area contributed by atoms with E-state index in [4.69, 9.17) is 8.92 Å². The minimum absolute atomic E-state index is 0.0313. The van der Waals surface area contributed by atoms with Gasteiger partial charge in [-0.1, -0.05) is 26.0 Å². The number of hydrogen-bond acceptors (Lipinski definition) is 5. The molecule has 1 saturated carbocycles. The lowest BCUT2D eigenvalue weighted by molar-refractivity contribution is -0.145. The van der Waals surface area contributed by atoms with Crippen LogP contribution in [0.2, 0.25) is 0 Å². The molecule has 0 bridgehead atoms. The molecule has 2 aliphatic rings. The number of rotatable bonds is 7. The van der Waals surface area contributed by atoms with Crippen molar-refractivity contribution < 1.29 is 22.1 Å². The molecule has 3 rings (SSSR count). The fraction of sp³-hybridized carbons (Fsp3) is 0.632. The molecular formula is C19H27NO5S. The molecule has 1 heterocycles. The summed E-state index contributed by atoms with van der Waals surface area (Å²) in [5, 5.41) is 0. The zero-order valence-corrected chi connectivity index (χ0v) is 16.4. The number of likely N-dealkylation sites (tertiary alicyclic amines) is 1. The average Bonchev–Trinajstić information content (AvgIpc) is 3.29. The van der Waals surface area contributed by atoms with Crippen molar-refractivity contribution in [3.63, 3.8) is 0 Å². The zero-order chi connectivity index (χ0) is 18.9. The molecule has 0 aromatic heterocycles. The summed E-state index contributed by atoms with van der Waals surface area (Å²) < 4.78 is 33.7. The molecule has 7 heteroatoms. The Labute approximate surface area is 155 Å². The van der Waals surface area contributed by atoms with Crippen molar-refractivity contribution >= 4 is 16.0 Å². The van der Waals surface area contributed by atoms with Crippen molar-refractivity contribution in [3.8, 4) is 5.75 Å². The smallest absolute Gasteiger partial charge is 0.265 e. The lowest BCUT2D eigenvalue weighted by atomic mass is 9.92. The maximum Gasteiger partial charge on any atom is 0.265 e. The summed E-state index contributed by atoms with van der Waals surface area (Å²) in [6.07, 6.45) is 2.63. The van der Waals surface area contributed by atoms with Gasteiger partial charge in [0.2, 0.25) is 0 Å². The number of hydrogen-bond donors (Lipinski definition) is 0. The molecule has 1 amide bonds. The van der Waals surface area contributed by atoms with Crippen LogP contribution >= 0.6 is 0 Å². The van der Waals surface area contributed by atoms with Crippen LogP contribution in [0.1, 0.15) is 38.7 Å². The van der Waals surface area contributed by atoms with Crippen LogP contribution in [0.25, 0.3) is 0 Å². The zero-order valence-electron chi connectivity index (χ0n) is 15.6. The topological polar surface area (TPSA) is 72.9 Å². The quantitative estimate of drug-likeness (QED) is 0.679. The predicted molar refractivity (Wildman–Crippen MR) is 98.2 cm³/mol. The average molecular weight is 381 g/mol. The van der Waals surface area contributed by atoms with Crippen LogP contribution < -0.4 is 4.74 Å². The fourth-order valence-electron chi connectivity index (χ4n) is 3.36. The molecule has 1 aliphatic heterocycles. The van der Waals surface area contributed by atoms with E-state index in [-0.39, 0.29) is 11.3 Å². The Bertz CT molecular complexity index is 753. The summed E-state index contributed by atoms with van der Waals surface area (Å²) in [7, 11) is -3.66. The number of ether oxygens (including phenoxy) is 1. The van der Waals surface area contributed by atoms with Gasteiger partial charge in [0.1, 0.15) is 5.75 Å². The SMILES string of the molecule is CC(C)COc1ccc(CN2CC3(CC3)CC(OS(C)(=O)=O)C2=O)cc1. The number of nitrogens with zero attached hydrogens (tertiary/aromatic N) is 1. The largest absolute Gasteiger partial charge is 0.493 e. The second-order valence-electron chi connectivity index (χ2n) is 8.04. The molecule has 144 valence electrons. The van der Waals surface area contributed by atoms with E-state index in [1.807, 2.05) is 24.3 Å².